The van der Waals surface area contributed by atoms with Gasteiger partial charge in [0.05, 0.1) is 6.04 Å². The Bertz CT molecular complexity index is 345. The van der Waals surface area contributed by atoms with Crippen molar-refractivity contribution in [2.24, 2.45) is 0 Å². The Labute approximate surface area is 102 Å². The summed E-state index contributed by atoms with van der Waals surface area (Å²) in [5.74, 6) is 0.107. The molecule has 2 rings (SSSR count). The van der Waals surface area contributed by atoms with Gasteiger partial charge in [0, 0.05) is 18.9 Å². The minimum absolute atomic E-state index is 0.0193. The third kappa shape index (κ3) is 3.82. The molecule has 0 aliphatic carbocycles. The van der Waals surface area contributed by atoms with Crippen LogP contribution >= 0.6 is 0 Å². The summed E-state index contributed by atoms with van der Waals surface area (Å²) in [5.41, 5.74) is 1.04. The van der Waals surface area contributed by atoms with Crippen molar-refractivity contribution in [2.45, 2.75) is 38.3 Å². The number of nitrogens with one attached hydrogen (secondary N) is 2. The van der Waals surface area contributed by atoms with Crippen molar-refractivity contribution in [1.82, 2.24) is 15.6 Å². The van der Waals surface area contributed by atoms with Gasteiger partial charge in [0.15, 0.2) is 0 Å². The minimum Gasteiger partial charge on any atom is -0.351 e. The van der Waals surface area contributed by atoms with Crippen LogP contribution in [-0.4, -0.2) is 23.5 Å². The quantitative estimate of drug-likeness (QED) is 0.825. The van der Waals surface area contributed by atoms with E-state index in [1.807, 2.05) is 12.1 Å². The average Bonchev–Trinajstić information content (AvgIpc) is 2.66. The molecule has 0 spiro atoms. The zero-order valence-electron chi connectivity index (χ0n) is 9.98. The zero-order valence-corrected chi connectivity index (χ0v) is 9.98. The van der Waals surface area contributed by atoms with E-state index in [9.17, 15) is 4.79 Å². The highest BCUT2D eigenvalue weighted by atomic mass is 16.2. The molecule has 1 saturated heterocycles. The Morgan fingerprint density at radius 3 is 3.24 bits per heavy atom. The molecule has 1 aromatic rings. The molecule has 4 heteroatoms. The monoisotopic (exact) mass is 233 g/mol. The molecule has 1 unspecified atom stereocenters. The molecule has 1 aromatic heterocycles. The van der Waals surface area contributed by atoms with E-state index in [-0.39, 0.29) is 11.9 Å². The van der Waals surface area contributed by atoms with Gasteiger partial charge in [-0.2, -0.15) is 0 Å². The second kappa shape index (κ2) is 6.35. The molecule has 2 heterocycles. The third-order valence-electron chi connectivity index (χ3n) is 3.07. The summed E-state index contributed by atoms with van der Waals surface area (Å²) in [5, 5.41) is 6.24. The maximum atomic E-state index is 11.9. The topological polar surface area (TPSA) is 54.0 Å². The fraction of sp³-hybridized carbons (Fsp3) is 0.538. The highest BCUT2D eigenvalue weighted by Gasteiger charge is 2.18. The van der Waals surface area contributed by atoms with Crippen LogP contribution in [0.15, 0.2) is 24.5 Å². The van der Waals surface area contributed by atoms with Gasteiger partial charge in [0.25, 0.3) is 0 Å². The molecule has 1 atom stereocenters. The summed E-state index contributed by atoms with van der Waals surface area (Å²) in [7, 11) is 0. The molecular formula is C13H19N3O. The van der Waals surface area contributed by atoms with Crippen molar-refractivity contribution >= 4 is 5.91 Å². The molecule has 0 saturated carbocycles. The molecule has 1 aliphatic rings. The molecule has 17 heavy (non-hydrogen) atoms. The summed E-state index contributed by atoms with van der Waals surface area (Å²) in [6.45, 7) is 1.51. The lowest BCUT2D eigenvalue weighted by atomic mass is 10.1. The Kier molecular flexibility index (Phi) is 4.50. The van der Waals surface area contributed by atoms with Crippen LogP contribution < -0.4 is 10.6 Å². The Morgan fingerprint density at radius 2 is 2.41 bits per heavy atom. The van der Waals surface area contributed by atoms with Crippen molar-refractivity contribution in [3.63, 3.8) is 0 Å². The van der Waals surface area contributed by atoms with Crippen molar-refractivity contribution in [1.29, 1.82) is 0 Å². The van der Waals surface area contributed by atoms with Gasteiger partial charge in [-0.25, -0.2) is 0 Å². The van der Waals surface area contributed by atoms with Gasteiger partial charge in [0.1, 0.15) is 0 Å². The molecule has 1 aliphatic heterocycles. The number of aromatic nitrogens is 1. The van der Waals surface area contributed by atoms with Crippen LogP contribution in [0.5, 0.6) is 0 Å². The summed E-state index contributed by atoms with van der Waals surface area (Å²) in [6, 6.07) is 3.83. The summed E-state index contributed by atoms with van der Waals surface area (Å²) >= 11 is 0. The lowest BCUT2D eigenvalue weighted by molar-refractivity contribution is -0.123. The number of hydrogen-bond acceptors (Lipinski definition) is 3. The summed E-state index contributed by atoms with van der Waals surface area (Å²) < 4.78 is 0. The maximum absolute atomic E-state index is 11.9. The summed E-state index contributed by atoms with van der Waals surface area (Å²) in [4.78, 5) is 16.0. The van der Waals surface area contributed by atoms with Gasteiger partial charge >= 0.3 is 0 Å². The highest BCUT2D eigenvalue weighted by molar-refractivity contribution is 5.81. The number of rotatable bonds is 3. The van der Waals surface area contributed by atoms with Crippen molar-refractivity contribution in [3.05, 3.63) is 30.1 Å². The molecule has 92 valence electrons. The smallest absolute Gasteiger partial charge is 0.237 e. The van der Waals surface area contributed by atoms with Gasteiger partial charge < -0.3 is 10.6 Å². The predicted octanol–water partition coefficient (Wildman–Crippen LogP) is 1.23. The van der Waals surface area contributed by atoms with E-state index in [0.717, 1.165) is 24.9 Å². The molecule has 1 fully saturated rings. The molecule has 0 radical (unpaired) electrons. The fourth-order valence-corrected chi connectivity index (χ4v) is 2.07. The highest BCUT2D eigenvalue weighted by Crippen LogP contribution is 2.08. The SMILES string of the molecule is O=C(NCc1cccnc1)C1CCCCCN1. The van der Waals surface area contributed by atoms with E-state index in [4.69, 9.17) is 0 Å². The van der Waals surface area contributed by atoms with E-state index in [0.29, 0.717) is 6.54 Å². The van der Waals surface area contributed by atoms with Crippen molar-refractivity contribution < 1.29 is 4.79 Å². The van der Waals surface area contributed by atoms with Crippen molar-refractivity contribution in [2.75, 3.05) is 6.54 Å². The molecule has 1 amide bonds. The van der Waals surface area contributed by atoms with Gasteiger partial charge in [-0.3, -0.25) is 9.78 Å². The summed E-state index contributed by atoms with van der Waals surface area (Å²) in [6.07, 6.45) is 7.99. The second-order valence-corrected chi connectivity index (χ2v) is 4.44. The number of nitrogens with zero attached hydrogens (tertiary/aromatic N) is 1. The first-order valence-corrected chi connectivity index (χ1v) is 6.26. The van der Waals surface area contributed by atoms with E-state index in [1.54, 1.807) is 12.4 Å². The number of carbonyl (C=O) groups is 1. The van der Waals surface area contributed by atoms with Crippen LogP contribution in [-0.2, 0) is 11.3 Å². The molecular weight excluding hydrogens is 214 g/mol. The van der Waals surface area contributed by atoms with E-state index in [1.165, 1.54) is 12.8 Å². The van der Waals surface area contributed by atoms with Crippen LogP contribution in [0.2, 0.25) is 0 Å². The Hall–Kier alpha value is -1.42. The van der Waals surface area contributed by atoms with Crippen molar-refractivity contribution in [3.8, 4) is 0 Å². The first-order valence-electron chi connectivity index (χ1n) is 6.26. The molecule has 2 N–H and O–H groups in total. The Morgan fingerprint density at radius 1 is 1.47 bits per heavy atom. The van der Waals surface area contributed by atoms with E-state index < -0.39 is 0 Å². The van der Waals surface area contributed by atoms with Crippen LogP contribution in [0.25, 0.3) is 0 Å². The first-order chi connectivity index (χ1) is 8.36. The number of hydrogen-bond donors (Lipinski definition) is 2. The van der Waals surface area contributed by atoms with Gasteiger partial charge in [-0.1, -0.05) is 18.9 Å². The van der Waals surface area contributed by atoms with E-state index >= 15 is 0 Å². The second-order valence-electron chi connectivity index (χ2n) is 4.44. The van der Waals surface area contributed by atoms with Gasteiger partial charge in [-0.15, -0.1) is 0 Å². The maximum Gasteiger partial charge on any atom is 0.237 e. The lowest BCUT2D eigenvalue weighted by Gasteiger charge is -2.15. The molecule has 0 bridgehead atoms. The normalized spacial score (nSPS) is 20.6. The molecule has 0 aromatic carbocycles. The van der Waals surface area contributed by atoms with Crippen LogP contribution in [0.1, 0.15) is 31.2 Å². The van der Waals surface area contributed by atoms with Crippen LogP contribution in [0, 0.1) is 0 Å². The fourth-order valence-electron chi connectivity index (χ4n) is 2.07. The van der Waals surface area contributed by atoms with Gasteiger partial charge in [-0.05, 0) is 31.0 Å². The van der Waals surface area contributed by atoms with Gasteiger partial charge in [0.2, 0.25) is 5.91 Å². The number of amides is 1. The molecule has 4 nitrogen and oxygen atoms in total. The van der Waals surface area contributed by atoms with Crippen LogP contribution in [0.4, 0.5) is 0 Å². The van der Waals surface area contributed by atoms with E-state index in [2.05, 4.69) is 15.6 Å². The number of pyridine rings is 1. The predicted molar refractivity (Wildman–Crippen MR) is 66.3 cm³/mol. The number of carbonyl (C=O) groups excluding carboxylic acids is 1. The lowest BCUT2D eigenvalue weighted by Crippen LogP contribution is -2.43. The van der Waals surface area contributed by atoms with Crippen LogP contribution in [0.3, 0.4) is 0 Å². The first kappa shape index (κ1) is 12.0. The Balaban J connectivity index is 1.80. The largest absolute Gasteiger partial charge is 0.351 e. The standard InChI is InChI=1S/C13H19N3O/c17-13(12-6-2-1-3-8-15-12)16-10-11-5-4-7-14-9-11/h4-5,7,9,12,15H,1-3,6,8,10H2,(H,16,17). The third-order valence-corrected chi connectivity index (χ3v) is 3.07. The minimum atomic E-state index is -0.0193. The zero-order chi connectivity index (χ0) is 11.9. The average molecular weight is 233 g/mol.